The van der Waals surface area contributed by atoms with E-state index in [0.29, 0.717) is 47.6 Å². The van der Waals surface area contributed by atoms with Crippen molar-refractivity contribution in [2.24, 2.45) is 0 Å². The van der Waals surface area contributed by atoms with Crippen molar-refractivity contribution in [1.82, 2.24) is 24.1 Å². The molecule has 3 aromatic heterocycles. The summed E-state index contributed by atoms with van der Waals surface area (Å²) in [7, 11) is -2.37. The quantitative estimate of drug-likeness (QED) is 0.228. The molecule has 14 heteroatoms. The zero-order valence-corrected chi connectivity index (χ0v) is 21.8. The number of alkyl halides is 3. The van der Waals surface area contributed by atoms with E-state index < -0.39 is 21.8 Å². The van der Waals surface area contributed by atoms with E-state index in [0.717, 1.165) is 29.8 Å². The molecular formula is C26H23F3N6O4S. The van der Waals surface area contributed by atoms with Gasteiger partial charge in [-0.3, -0.25) is 4.40 Å². The van der Waals surface area contributed by atoms with Crippen LogP contribution in [0.5, 0.6) is 5.75 Å². The van der Waals surface area contributed by atoms with E-state index >= 15 is 0 Å². The predicted octanol–water partition coefficient (Wildman–Crippen LogP) is 4.86. The van der Waals surface area contributed by atoms with Crippen LogP contribution < -0.4 is 14.8 Å². The Labute approximate surface area is 226 Å². The van der Waals surface area contributed by atoms with Crippen LogP contribution in [0, 0.1) is 0 Å². The van der Waals surface area contributed by atoms with Crippen LogP contribution in [0.15, 0.2) is 82.6 Å². The van der Waals surface area contributed by atoms with E-state index in [4.69, 9.17) is 9.15 Å². The molecular weight excluding hydrogens is 549 g/mol. The Morgan fingerprint density at radius 3 is 2.60 bits per heavy atom. The summed E-state index contributed by atoms with van der Waals surface area (Å²) in [6.45, 7) is 0.379. The van der Waals surface area contributed by atoms with E-state index in [1.807, 2.05) is 24.3 Å². The summed E-state index contributed by atoms with van der Waals surface area (Å²) in [6.07, 6.45) is 0.667. The number of anilines is 1. The molecule has 0 unspecified atom stereocenters. The van der Waals surface area contributed by atoms with Crippen molar-refractivity contribution in [3.05, 3.63) is 78.8 Å². The summed E-state index contributed by atoms with van der Waals surface area (Å²) in [5, 5.41) is 3.06. The Kier molecular flexibility index (Phi) is 7.45. The number of hydrogen-bond donors (Lipinski definition) is 2. The van der Waals surface area contributed by atoms with Gasteiger partial charge in [-0.1, -0.05) is 12.1 Å². The minimum atomic E-state index is -4.54. The first-order valence-corrected chi connectivity index (χ1v) is 13.5. The van der Waals surface area contributed by atoms with Crippen LogP contribution in [0.25, 0.3) is 28.5 Å². The third kappa shape index (κ3) is 5.77. The predicted molar refractivity (Wildman–Crippen MR) is 140 cm³/mol. The van der Waals surface area contributed by atoms with E-state index in [2.05, 4.69) is 25.0 Å². The highest BCUT2D eigenvalue weighted by atomic mass is 32.2. The fourth-order valence-corrected chi connectivity index (χ4v) is 5.05. The molecule has 0 amide bonds. The van der Waals surface area contributed by atoms with Gasteiger partial charge in [-0.2, -0.15) is 18.2 Å². The van der Waals surface area contributed by atoms with Gasteiger partial charge in [0.15, 0.2) is 0 Å². The van der Waals surface area contributed by atoms with Crippen molar-refractivity contribution in [3.8, 4) is 28.4 Å². The molecule has 5 aromatic rings. The topological polar surface area (TPSA) is 124 Å². The summed E-state index contributed by atoms with van der Waals surface area (Å²) in [5.74, 6) is 1.38. The molecule has 0 aliphatic heterocycles. The monoisotopic (exact) mass is 572 g/mol. The molecule has 0 saturated heterocycles. The minimum Gasteiger partial charge on any atom is -0.497 e. The van der Waals surface area contributed by atoms with Gasteiger partial charge in [0.1, 0.15) is 23.4 Å². The van der Waals surface area contributed by atoms with E-state index in [9.17, 15) is 21.6 Å². The lowest BCUT2D eigenvalue weighted by Crippen LogP contribution is -2.26. The fourth-order valence-electron chi connectivity index (χ4n) is 3.98. The van der Waals surface area contributed by atoms with Crippen LogP contribution in [0.1, 0.15) is 12.0 Å². The van der Waals surface area contributed by atoms with Crippen LogP contribution in [-0.4, -0.2) is 48.0 Å². The molecule has 0 atom stereocenters. The Morgan fingerprint density at radius 1 is 1.05 bits per heavy atom. The number of fused-ring (bicyclic) bond motifs is 1. The van der Waals surface area contributed by atoms with Crippen LogP contribution in [0.3, 0.4) is 0 Å². The van der Waals surface area contributed by atoms with Gasteiger partial charge in [-0.05, 0) is 48.9 Å². The third-order valence-corrected chi connectivity index (χ3v) is 7.40. The van der Waals surface area contributed by atoms with Gasteiger partial charge in [-0.25, -0.2) is 23.1 Å². The number of nitrogens with zero attached hydrogens (tertiary/aromatic N) is 4. The summed E-state index contributed by atoms with van der Waals surface area (Å²) >= 11 is 0. The molecule has 5 rings (SSSR count). The third-order valence-electron chi connectivity index (χ3n) is 5.92. The molecule has 0 fully saturated rings. The first-order chi connectivity index (χ1) is 19.2. The first kappa shape index (κ1) is 27.1. The van der Waals surface area contributed by atoms with Crippen molar-refractivity contribution < 1.29 is 30.7 Å². The molecule has 2 N–H and O–H groups in total. The van der Waals surface area contributed by atoms with Crippen molar-refractivity contribution in [2.45, 2.75) is 17.5 Å². The largest absolute Gasteiger partial charge is 0.497 e. The fraction of sp³-hybridized carbons (Fsp3) is 0.192. The normalized spacial score (nSPS) is 12.1. The van der Waals surface area contributed by atoms with Gasteiger partial charge in [0, 0.05) is 31.0 Å². The SMILES string of the molecule is COc1cccc(-c2nc3occn3c2-c2ccnc(NCCCNS(=O)(=O)c3ccc(C(F)(F)F)cc3)n2)c1. The molecule has 208 valence electrons. The van der Waals surface area contributed by atoms with Gasteiger partial charge < -0.3 is 14.5 Å². The number of benzene rings is 2. The standard InChI is InChI=1S/C26H23F3N6O4S/c1-38-19-5-2-4-17(16-19)22-23(35-14-15-39-25(35)34-22)21-10-13-31-24(33-21)30-11-3-12-32-40(36,37)20-8-6-18(7-9-20)26(27,28)29/h2,4-10,13-16,32H,3,11-12H2,1H3,(H,30,31,33). The number of oxazole rings is 1. The second-order valence-electron chi connectivity index (χ2n) is 8.56. The Bertz CT molecular complexity index is 1730. The molecule has 3 heterocycles. The van der Waals surface area contributed by atoms with Gasteiger partial charge >= 0.3 is 12.0 Å². The number of methoxy groups -OCH3 is 1. The van der Waals surface area contributed by atoms with Gasteiger partial charge in [0.25, 0.3) is 0 Å². The van der Waals surface area contributed by atoms with Gasteiger partial charge in [0.05, 0.1) is 23.3 Å². The number of rotatable bonds is 10. The summed E-state index contributed by atoms with van der Waals surface area (Å²) in [4.78, 5) is 13.2. The maximum atomic E-state index is 12.7. The van der Waals surface area contributed by atoms with Crippen LogP contribution in [0.2, 0.25) is 0 Å². The van der Waals surface area contributed by atoms with Gasteiger partial charge in [-0.15, -0.1) is 0 Å². The molecule has 0 aliphatic carbocycles. The Morgan fingerprint density at radius 2 is 1.85 bits per heavy atom. The number of nitrogens with one attached hydrogen (secondary N) is 2. The zero-order chi connectivity index (χ0) is 28.3. The molecule has 0 spiro atoms. The number of imidazole rings is 1. The highest BCUT2D eigenvalue weighted by Crippen LogP contribution is 2.34. The molecule has 0 saturated carbocycles. The average molecular weight is 573 g/mol. The van der Waals surface area contributed by atoms with Crippen molar-refractivity contribution in [1.29, 1.82) is 0 Å². The lowest BCUT2D eigenvalue weighted by molar-refractivity contribution is -0.137. The van der Waals surface area contributed by atoms with E-state index in [1.165, 1.54) is 6.26 Å². The van der Waals surface area contributed by atoms with Crippen LogP contribution >= 0.6 is 0 Å². The number of aromatic nitrogens is 4. The molecule has 0 radical (unpaired) electrons. The summed E-state index contributed by atoms with van der Waals surface area (Å²) in [6, 6.07) is 12.5. The highest BCUT2D eigenvalue weighted by molar-refractivity contribution is 7.89. The number of ether oxygens (including phenoxy) is 1. The van der Waals surface area contributed by atoms with Crippen molar-refractivity contribution in [3.63, 3.8) is 0 Å². The maximum Gasteiger partial charge on any atom is 0.416 e. The Hall–Kier alpha value is -4.43. The molecule has 10 nitrogen and oxygen atoms in total. The lowest BCUT2D eigenvalue weighted by Gasteiger charge is -2.10. The molecule has 2 aromatic carbocycles. The number of sulfonamides is 1. The molecule has 0 aliphatic rings. The minimum absolute atomic E-state index is 0.0499. The number of halogens is 3. The highest BCUT2D eigenvalue weighted by Gasteiger charge is 2.30. The smallest absolute Gasteiger partial charge is 0.416 e. The Balaban J connectivity index is 1.25. The van der Waals surface area contributed by atoms with Crippen molar-refractivity contribution >= 4 is 21.8 Å². The second-order valence-corrected chi connectivity index (χ2v) is 10.3. The summed E-state index contributed by atoms with van der Waals surface area (Å²) < 4.78 is 78.0. The van der Waals surface area contributed by atoms with Crippen molar-refractivity contribution in [2.75, 3.05) is 25.5 Å². The first-order valence-electron chi connectivity index (χ1n) is 12.0. The lowest BCUT2D eigenvalue weighted by atomic mass is 10.1. The van der Waals surface area contributed by atoms with Crippen LogP contribution in [0.4, 0.5) is 19.1 Å². The molecule has 40 heavy (non-hydrogen) atoms. The van der Waals surface area contributed by atoms with E-state index in [1.54, 1.807) is 30.0 Å². The average Bonchev–Trinajstić information content (AvgIpc) is 3.54. The summed E-state index contributed by atoms with van der Waals surface area (Å²) in [5.41, 5.74) is 1.79. The second kappa shape index (κ2) is 11.0. The number of hydrogen-bond acceptors (Lipinski definition) is 8. The molecule has 0 bridgehead atoms. The zero-order valence-electron chi connectivity index (χ0n) is 21.0. The van der Waals surface area contributed by atoms with E-state index in [-0.39, 0.29) is 11.4 Å². The van der Waals surface area contributed by atoms with Crippen LogP contribution in [-0.2, 0) is 16.2 Å². The maximum absolute atomic E-state index is 12.7. The van der Waals surface area contributed by atoms with Gasteiger partial charge in [0.2, 0.25) is 16.0 Å².